The number of nitrogen functional groups attached to an aromatic ring is 2. The molecule has 0 unspecified atom stereocenters. The molecule has 0 aliphatic carbocycles. The predicted octanol–water partition coefficient (Wildman–Crippen LogP) is 11.2. The summed E-state index contributed by atoms with van der Waals surface area (Å²) < 4.78 is 102. The zero-order valence-corrected chi connectivity index (χ0v) is 25.6. The summed E-state index contributed by atoms with van der Waals surface area (Å²) in [5.74, 6) is 1.62. The average Bonchev–Trinajstić information content (AvgIpc) is 3.07. The second kappa shape index (κ2) is 13.0. The fourth-order valence-electron chi connectivity index (χ4n) is 5.70. The molecule has 0 atom stereocenters. The van der Waals surface area contributed by atoms with Crippen LogP contribution in [0.1, 0.15) is 11.1 Å². The van der Waals surface area contributed by atoms with Crippen LogP contribution in [0.25, 0.3) is 22.3 Å². The Morgan fingerprint density at radius 2 is 0.714 bits per heavy atom. The summed E-state index contributed by atoms with van der Waals surface area (Å²) in [7, 11) is 0. The standard InChI is InChI=1S/C39H28F6N2O2/c40-38(41,42)37(39(43,44)45,27-13-9-25(10-14-27)33-5-1-3-7-35(33)48-31-21-17-29(46)18-22-31)28-15-11-26(12-16-28)34-6-2-4-8-36(34)49-32-23-19-30(47)20-24-32/h1-24H,46-47H2. The fourth-order valence-corrected chi connectivity index (χ4v) is 5.70. The second-order valence-electron chi connectivity index (χ2n) is 11.2. The van der Waals surface area contributed by atoms with E-state index in [0.717, 1.165) is 24.3 Å². The fraction of sp³-hybridized carbons (Fsp3) is 0.0769. The van der Waals surface area contributed by atoms with E-state index in [1.807, 2.05) is 0 Å². The molecule has 0 aliphatic heterocycles. The maximum absolute atomic E-state index is 15.0. The van der Waals surface area contributed by atoms with Crippen LogP contribution in [-0.4, -0.2) is 12.4 Å². The van der Waals surface area contributed by atoms with E-state index in [9.17, 15) is 26.3 Å². The number of nitrogens with two attached hydrogens (primary N) is 2. The van der Waals surface area contributed by atoms with E-state index in [0.29, 0.717) is 56.6 Å². The molecule has 6 rings (SSSR count). The highest BCUT2D eigenvalue weighted by Crippen LogP contribution is 2.56. The van der Waals surface area contributed by atoms with Gasteiger partial charge in [0.2, 0.25) is 5.41 Å². The van der Waals surface area contributed by atoms with Crippen molar-refractivity contribution in [1.82, 2.24) is 0 Å². The van der Waals surface area contributed by atoms with Gasteiger partial charge >= 0.3 is 12.4 Å². The Labute approximate surface area is 278 Å². The van der Waals surface area contributed by atoms with Crippen molar-refractivity contribution in [2.45, 2.75) is 17.8 Å². The van der Waals surface area contributed by atoms with Crippen LogP contribution >= 0.6 is 0 Å². The second-order valence-corrected chi connectivity index (χ2v) is 11.2. The maximum atomic E-state index is 15.0. The molecule has 10 heteroatoms. The lowest BCUT2D eigenvalue weighted by molar-refractivity contribution is -0.288. The van der Waals surface area contributed by atoms with Crippen LogP contribution in [0.15, 0.2) is 146 Å². The van der Waals surface area contributed by atoms with Crippen molar-refractivity contribution in [2.24, 2.45) is 0 Å². The first-order valence-electron chi connectivity index (χ1n) is 15.0. The SMILES string of the molecule is Nc1ccc(Oc2ccccc2-c2ccc(C(c3ccc(-c4ccccc4Oc4ccc(N)cc4)cc3)(C(F)(F)F)C(F)(F)F)cc2)cc1. The monoisotopic (exact) mass is 670 g/mol. The number of hydrogen-bond acceptors (Lipinski definition) is 4. The first kappa shape index (κ1) is 33.0. The summed E-state index contributed by atoms with van der Waals surface area (Å²) >= 11 is 0. The molecular formula is C39H28F6N2O2. The Hall–Kier alpha value is -5.90. The van der Waals surface area contributed by atoms with E-state index < -0.39 is 28.9 Å². The summed E-state index contributed by atoms with van der Waals surface area (Å²) in [6.07, 6.45) is -11.5. The zero-order chi connectivity index (χ0) is 34.8. The molecule has 0 bridgehead atoms. The summed E-state index contributed by atoms with van der Waals surface area (Å²) in [6, 6.07) is 34.9. The van der Waals surface area contributed by atoms with Gasteiger partial charge in [0.05, 0.1) is 0 Å². The molecule has 0 aliphatic rings. The first-order valence-corrected chi connectivity index (χ1v) is 15.0. The van der Waals surface area contributed by atoms with Gasteiger partial charge in [0, 0.05) is 22.5 Å². The van der Waals surface area contributed by atoms with Gasteiger partial charge in [-0.2, -0.15) is 26.3 Å². The Bertz CT molecular complexity index is 1890. The molecule has 6 aromatic rings. The molecule has 0 aromatic heterocycles. The number of hydrogen-bond donors (Lipinski definition) is 2. The molecule has 6 aromatic carbocycles. The van der Waals surface area contributed by atoms with Crippen molar-refractivity contribution in [3.63, 3.8) is 0 Å². The lowest BCUT2D eigenvalue weighted by Gasteiger charge is -2.38. The molecule has 0 fully saturated rings. The number of para-hydroxylation sites is 2. The molecule has 0 saturated carbocycles. The molecule has 0 spiro atoms. The van der Waals surface area contributed by atoms with Crippen molar-refractivity contribution in [2.75, 3.05) is 11.5 Å². The van der Waals surface area contributed by atoms with E-state index in [2.05, 4.69) is 0 Å². The van der Waals surface area contributed by atoms with Crippen LogP contribution in [0.4, 0.5) is 37.7 Å². The number of halogens is 6. The number of anilines is 2. The molecule has 0 amide bonds. The molecule has 248 valence electrons. The van der Waals surface area contributed by atoms with Crippen LogP contribution < -0.4 is 20.9 Å². The summed E-state index contributed by atoms with van der Waals surface area (Å²) in [6.45, 7) is 0. The van der Waals surface area contributed by atoms with Crippen LogP contribution in [0.5, 0.6) is 23.0 Å². The molecule has 49 heavy (non-hydrogen) atoms. The Balaban J connectivity index is 1.38. The summed E-state index contributed by atoms with van der Waals surface area (Å²) in [5, 5.41) is 0. The minimum atomic E-state index is -5.75. The molecule has 0 radical (unpaired) electrons. The number of rotatable bonds is 8. The molecular weight excluding hydrogens is 642 g/mol. The molecule has 4 N–H and O–H groups in total. The average molecular weight is 671 g/mol. The Kier molecular flexibility index (Phi) is 8.73. The smallest absolute Gasteiger partial charge is 0.411 e. The van der Waals surface area contributed by atoms with Gasteiger partial charge in [-0.3, -0.25) is 0 Å². The maximum Gasteiger partial charge on any atom is 0.411 e. The van der Waals surface area contributed by atoms with Crippen molar-refractivity contribution >= 4 is 11.4 Å². The number of alkyl halides is 6. The van der Waals surface area contributed by atoms with Gasteiger partial charge < -0.3 is 20.9 Å². The minimum Gasteiger partial charge on any atom is -0.457 e. The first-order chi connectivity index (χ1) is 23.4. The van der Waals surface area contributed by atoms with E-state index in [1.54, 1.807) is 97.1 Å². The van der Waals surface area contributed by atoms with Crippen molar-refractivity contribution in [3.8, 4) is 45.3 Å². The summed E-state index contributed by atoms with van der Waals surface area (Å²) in [4.78, 5) is 0. The normalized spacial score (nSPS) is 12.0. The van der Waals surface area contributed by atoms with Crippen LogP contribution in [0, 0.1) is 0 Å². The van der Waals surface area contributed by atoms with Gasteiger partial charge in [-0.05, 0) is 82.9 Å². The highest BCUT2D eigenvalue weighted by molar-refractivity contribution is 5.73. The number of benzene rings is 6. The largest absolute Gasteiger partial charge is 0.457 e. The molecule has 0 saturated heterocycles. The van der Waals surface area contributed by atoms with Crippen LogP contribution in [0.2, 0.25) is 0 Å². The third kappa shape index (κ3) is 6.49. The van der Waals surface area contributed by atoms with E-state index in [1.165, 1.54) is 24.3 Å². The van der Waals surface area contributed by atoms with Gasteiger partial charge in [0.25, 0.3) is 0 Å². The van der Waals surface area contributed by atoms with E-state index >= 15 is 0 Å². The quantitative estimate of drug-likeness (QED) is 0.125. The van der Waals surface area contributed by atoms with Gasteiger partial charge in [0.15, 0.2) is 0 Å². The van der Waals surface area contributed by atoms with E-state index in [4.69, 9.17) is 20.9 Å². The third-order valence-electron chi connectivity index (χ3n) is 8.10. The number of ether oxygens (including phenoxy) is 2. The van der Waals surface area contributed by atoms with Gasteiger partial charge in [-0.15, -0.1) is 0 Å². The van der Waals surface area contributed by atoms with Gasteiger partial charge in [0.1, 0.15) is 23.0 Å². The highest BCUT2D eigenvalue weighted by Gasteiger charge is 2.72. The van der Waals surface area contributed by atoms with Gasteiger partial charge in [-0.25, -0.2) is 0 Å². The Morgan fingerprint density at radius 1 is 0.388 bits per heavy atom. The van der Waals surface area contributed by atoms with Crippen molar-refractivity contribution < 1.29 is 35.8 Å². The molecule has 4 nitrogen and oxygen atoms in total. The van der Waals surface area contributed by atoms with Crippen molar-refractivity contribution in [1.29, 1.82) is 0 Å². The zero-order valence-electron chi connectivity index (χ0n) is 25.6. The van der Waals surface area contributed by atoms with Crippen molar-refractivity contribution in [3.05, 3.63) is 157 Å². The minimum absolute atomic E-state index is 0.356. The van der Waals surface area contributed by atoms with Gasteiger partial charge in [-0.1, -0.05) is 84.9 Å². The Morgan fingerprint density at radius 3 is 1.04 bits per heavy atom. The topological polar surface area (TPSA) is 70.5 Å². The molecule has 0 heterocycles. The van der Waals surface area contributed by atoms with Crippen LogP contribution in [-0.2, 0) is 5.41 Å². The lowest BCUT2D eigenvalue weighted by Crippen LogP contribution is -2.54. The lowest BCUT2D eigenvalue weighted by atomic mass is 9.72. The highest BCUT2D eigenvalue weighted by atomic mass is 19.4. The predicted molar refractivity (Wildman–Crippen MR) is 179 cm³/mol. The van der Waals surface area contributed by atoms with E-state index in [-0.39, 0.29) is 0 Å². The van der Waals surface area contributed by atoms with Crippen LogP contribution in [0.3, 0.4) is 0 Å². The third-order valence-corrected chi connectivity index (χ3v) is 8.10. The summed E-state index contributed by atoms with van der Waals surface area (Å²) in [5.41, 5.74) is 7.92.